The monoisotopic (exact) mass is 650 g/mol. The summed E-state index contributed by atoms with van der Waals surface area (Å²) in [6.45, 7) is 1.85. The normalized spacial score (nSPS) is 15.1. The van der Waals surface area contributed by atoms with Crippen LogP contribution < -0.4 is 15.0 Å². The number of anilines is 1. The number of ether oxygens (including phenoxy) is 1. The van der Waals surface area contributed by atoms with Crippen molar-refractivity contribution in [2.45, 2.75) is 13.1 Å². The van der Waals surface area contributed by atoms with Crippen molar-refractivity contribution in [2.75, 3.05) is 4.90 Å². The number of rotatable bonds is 4. The van der Waals surface area contributed by atoms with E-state index in [2.05, 4.69) is 31.9 Å². The molecule has 1 saturated heterocycles. The number of nitrogens with one attached hydrogen (secondary N) is 1. The third kappa shape index (κ3) is 5.70. The maximum atomic E-state index is 13.2. The summed E-state index contributed by atoms with van der Waals surface area (Å²) < 4.78 is 45.9. The van der Waals surface area contributed by atoms with Crippen LogP contribution in [0.3, 0.4) is 0 Å². The van der Waals surface area contributed by atoms with E-state index < -0.39 is 41.1 Å². The number of carbonyl (C=O) groups excluding carboxylic acids is 4. The van der Waals surface area contributed by atoms with Gasteiger partial charge in [-0.3, -0.25) is 14.9 Å². The van der Waals surface area contributed by atoms with Gasteiger partial charge in [0.1, 0.15) is 5.57 Å². The van der Waals surface area contributed by atoms with Crippen molar-refractivity contribution < 1.29 is 37.1 Å². The zero-order chi connectivity index (χ0) is 27.8. The molecule has 0 aromatic heterocycles. The summed E-state index contributed by atoms with van der Waals surface area (Å²) in [5.74, 6) is -2.98. The fraction of sp³-hybridized carbons (Fsp3) is 0.0769. The molecule has 38 heavy (non-hydrogen) atoms. The molecule has 1 aliphatic rings. The lowest BCUT2D eigenvalue weighted by Crippen LogP contribution is -2.54. The number of halogens is 5. The Hall–Kier alpha value is -3.77. The van der Waals surface area contributed by atoms with Gasteiger partial charge in [-0.1, -0.05) is 39.7 Å². The number of esters is 1. The van der Waals surface area contributed by atoms with E-state index >= 15 is 0 Å². The molecule has 0 unspecified atom stereocenters. The number of urea groups is 1. The maximum absolute atomic E-state index is 13.2. The van der Waals surface area contributed by atoms with Crippen LogP contribution in [0, 0.1) is 6.92 Å². The lowest BCUT2D eigenvalue weighted by Gasteiger charge is -2.27. The van der Waals surface area contributed by atoms with E-state index in [1.807, 2.05) is 12.2 Å². The standard InChI is InChI=1S/C26H15Br2F3N2O5/c1-13-5-7-14(8-6-13)24(36)38-21-15(9-17(27)12-20(21)28)10-19-22(34)32-25(37)33(23(19)35)18-4-2-3-16(11-18)26(29,30)31/h2-12H,1H3,(H,32,34,37)/b19-10-. The van der Waals surface area contributed by atoms with Gasteiger partial charge in [0.05, 0.1) is 21.3 Å². The van der Waals surface area contributed by atoms with E-state index in [0.717, 1.165) is 29.8 Å². The Morgan fingerprint density at radius 3 is 2.34 bits per heavy atom. The first-order valence-corrected chi connectivity index (χ1v) is 12.3. The fourth-order valence-corrected chi connectivity index (χ4v) is 4.84. The Balaban J connectivity index is 1.75. The van der Waals surface area contributed by atoms with Gasteiger partial charge >= 0.3 is 18.2 Å². The van der Waals surface area contributed by atoms with Crippen molar-refractivity contribution in [3.63, 3.8) is 0 Å². The molecule has 0 atom stereocenters. The molecule has 3 aromatic carbocycles. The largest absolute Gasteiger partial charge is 0.421 e. The first-order chi connectivity index (χ1) is 17.8. The van der Waals surface area contributed by atoms with Crippen molar-refractivity contribution in [3.05, 3.63) is 97.4 Å². The van der Waals surface area contributed by atoms with Crippen LogP contribution in [0.15, 0.2) is 75.2 Å². The van der Waals surface area contributed by atoms with Gasteiger partial charge in [0.15, 0.2) is 5.75 Å². The number of carbonyl (C=O) groups is 4. The number of benzene rings is 3. The van der Waals surface area contributed by atoms with Crippen molar-refractivity contribution >= 4 is 67.4 Å². The van der Waals surface area contributed by atoms with Crippen LogP contribution in [-0.2, 0) is 15.8 Å². The summed E-state index contributed by atoms with van der Waals surface area (Å²) in [4.78, 5) is 51.5. The molecule has 12 heteroatoms. The number of alkyl halides is 3. The second-order valence-electron chi connectivity index (χ2n) is 8.07. The number of aryl methyl sites for hydroxylation is 1. The SMILES string of the molecule is Cc1ccc(C(=O)Oc2c(Br)cc(Br)cc2/C=C2/C(=O)NC(=O)N(c3cccc(C(F)(F)F)c3)C2=O)cc1. The van der Waals surface area contributed by atoms with Crippen LogP contribution in [0.1, 0.15) is 27.0 Å². The molecule has 1 N–H and O–H groups in total. The quantitative estimate of drug-likeness (QED) is 0.152. The van der Waals surface area contributed by atoms with Crippen LogP contribution in [0.5, 0.6) is 5.75 Å². The molecule has 4 amide bonds. The Kier molecular flexibility index (Phi) is 7.56. The third-order valence-electron chi connectivity index (χ3n) is 5.35. The number of imide groups is 2. The average molecular weight is 652 g/mol. The van der Waals surface area contributed by atoms with Crippen molar-refractivity contribution in [1.82, 2.24) is 5.32 Å². The van der Waals surface area contributed by atoms with Gasteiger partial charge in [0.2, 0.25) is 0 Å². The highest BCUT2D eigenvalue weighted by atomic mass is 79.9. The van der Waals surface area contributed by atoms with Gasteiger partial charge in [-0.25, -0.2) is 14.5 Å². The van der Waals surface area contributed by atoms with Gasteiger partial charge < -0.3 is 4.74 Å². The molecule has 1 fully saturated rings. The lowest BCUT2D eigenvalue weighted by molar-refractivity contribution is -0.137. The molecule has 0 bridgehead atoms. The van der Waals surface area contributed by atoms with E-state index in [1.54, 1.807) is 30.3 Å². The molecule has 0 saturated carbocycles. The Morgan fingerprint density at radius 1 is 1.00 bits per heavy atom. The van der Waals surface area contributed by atoms with E-state index in [0.29, 0.717) is 19.9 Å². The third-order valence-corrected chi connectivity index (χ3v) is 6.40. The zero-order valence-electron chi connectivity index (χ0n) is 19.2. The summed E-state index contributed by atoms with van der Waals surface area (Å²) in [6.07, 6.45) is -3.64. The molecule has 0 aliphatic carbocycles. The number of amides is 4. The highest BCUT2D eigenvalue weighted by molar-refractivity contribution is 9.11. The minimum Gasteiger partial charge on any atom is -0.421 e. The van der Waals surface area contributed by atoms with Crippen molar-refractivity contribution in [2.24, 2.45) is 0 Å². The molecule has 4 rings (SSSR count). The molecule has 0 spiro atoms. The number of hydrogen-bond acceptors (Lipinski definition) is 5. The first kappa shape index (κ1) is 27.3. The molecule has 0 radical (unpaired) electrons. The highest BCUT2D eigenvalue weighted by Gasteiger charge is 2.38. The van der Waals surface area contributed by atoms with Crippen LogP contribution in [0.25, 0.3) is 6.08 Å². The van der Waals surface area contributed by atoms with Crippen LogP contribution >= 0.6 is 31.9 Å². The summed E-state index contributed by atoms with van der Waals surface area (Å²) in [7, 11) is 0. The molecule has 1 heterocycles. The van der Waals surface area contributed by atoms with Gasteiger partial charge in [0, 0.05) is 10.0 Å². The smallest absolute Gasteiger partial charge is 0.416 e. The molecular formula is C26H15Br2F3N2O5. The topological polar surface area (TPSA) is 92.8 Å². The molecule has 3 aromatic rings. The maximum Gasteiger partial charge on any atom is 0.416 e. The average Bonchev–Trinajstić information content (AvgIpc) is 2.83. The van der Waals surface area contributed by atoms with Gasteiger partial charge in [0.25, 0.3) is 11.8 Å². The second-order valence-corrected chi connectivity index (χ2v) is 9.84. The summed E-state index contributed by atoms with van der Waals surface area (Å²) in [5.41, 5.74) is -0.764. The van der Waals surface area contributed by atoms with Crippen LogP contribution in [0.2, 0.25) is 0 Å². The summed E-state index contributed by atoms with van der Waals surface area (Å²) in [5, 5.41) is 1.95. The summed E-state index contributed by atoms with van der Waals surface area (Å²) >= 11 is 6.59. The Morgan fingerprint density at radius 2 is 1.68 bits per heavy atom. The predicted molar refractivity (Wildman–Crippen MR) is 138 cm³/mol. The van der Waals surface area contributed by atoms with Gasteiger partial charge in [-0.05, 0) is 71.4 Å². The number of barbiturate groups is 1. The van der Waals surface area contributed by atoms with Crippen molar-refractivity contribution in [1.29, 1.82) is 0 Å². The van der Waals surface area contributed by atoms with E-state index in [4.69, 9.17) is 4.74 Å². The highest BCUT2D eigenvalue weighted by Crippen LogP contribution is 2.36. The summed E-state index contributed by atoms with van der Waals surface area (Å²) in [6, 6.07) is 12.0. The van der Waals surface area contributed by atoms with Crippen LogP contribution in [-0.4, -0.2) is 23.8 Å². The number of hydrogen-bond donors (Lipinski definition) is 1. The minimum absolute atomic E-state index is 0.0330. The molecule has 7 nitrogen and oxygen atoms in total. The lowest BCUT2D eigenvalue weighted by atomic mass is 10.1. The molecule has 1 aliphatic heterocycles. The van der Waals surface area contributed by atoms with Crippen molar-refractivity contribution in [3.8, 4) is 5.75 Å². The zero-order valence-corrected chi connectivity index (χ0v) is 22.4. The minimum atomic E-state index is -4.72. The molecule has 194 valence electrons. The van der Waals surface area contributed by atoms with Gasteiger partial charge in [-0.2, -0.15) is 13.2 Å². The molecular weight excluding hydrogens is 637 g/mol. The van der Waals surface area contributed by atoms with E-state index in [9.17, 15) is 32.3 Å². The Labute approximate surface area is 230 Å². The van der Waals surface area contributed by atoms with Crippen LogP contribution in [0.4, 0.5) is 23.7 Å². The number of nitrogens with zero attached hydrogens (tertiary/aromatic N) is 1. The second kappa shape index (κ2) is 10.5. The fourth-order valence-electron chi connectivity index (χ4n) is 3.51. The van der Waals surface area contributed by atoms with E-state index in [1.165, 1.54) is 6.07 Å². The van der Waals surface area contributed by atoms with E-state index in [-0.39, 0.29) is 22.6 Å². The predicted octanol–water partition coefficient (Wildman–Crippen LogP) is 6.42. The first-order valence-electron chi connectivity index (χ1n) is 10.7. The van der Waals surface area contributed by atoms with Gasteiger partial charge in [-0.15, -0.1) is 0 Å². The Bertz CT molecular complexity index is 1520.